The highest BCUT2D eigenvalue weighted by Gasteiger charge is 2.35. The third-order valence-corrected chi connectivity index (χ3v) is 5.21. The number of carbonyl (C=O) groups is 2. The first kappa shape index (κ1) is 16.8. The average molecular weight is 409 g/mol. The molecule has 2 amide bonds. The Kier molecular flexibility index (Phi) is 4.47. The molecule has 4 rings (SSSR count). The van der Waals surface area contributed by atoms with Crippen molar-refractivity contribution in [3.8, 4) is 0 Å². The third kappa shape index (κ3) is 3.22. The molecule has 26 heavy (non-hydrogen) atoms. The Hall–Kier alpha value is -2.66. The highest BCUT2D eigenvalue weighted by molar-refractivity contribution is 9.10. The van der Waals surface area contributed by atoms with Gasteiger partial charge in [0.1, 0.15) is 0 Å². The molecule has 5 heteroatoms. The highest BCUT2D eigenvalue weighted by Crippen LogP contribution is 2.28. The second-order valence-electron chi connectivity index (χ2n) is 6.40. The quantitative estimate of drug-likeness (QED) is 0.688. The van der Waals surface area contributed by atoms with Crippen LogP contribution >= 0.6 is 15.9 Å². The lowest BCUT2D eigenvalue weighted by atomic mass is 10.1. The van der Waals surface area contributed by atoms with Crippen LogP contribution in [0.2, 0.25) is 0 Å². The Balaban J connectivity index is 1.52. The summed E-state index contributed by atoms with van der Waals surface area (Å²) in [6.45, 7) is 0.400. The normalized spacial score (nSPS) is 16.9. The fourth-order valence-corrected chi connectivity index (χ4v) is 3.59. The summed E-state index contributed by atoms with van der Waals surface area (Å²) in [5, 5.41) is 5.07. The van der Waals surface area contributed by atoms with E-state index in [-0.39, 0.29) is 24.2 Å². The van der Waals surface area contributed by atoms with Gasteiger partial charge in [-0.2, -0.15) is 0 Å². The van der Waals surface area contributed by atoms with E-state index >= 15 is 0 Å². The van der Waals surface area contributed by atoms with Crippen LogP contribution in [0.1, 0.15) is 6.42 Å². The van der Waals surface area contributed by atoms with E-state index in [0.29, 0.717) is 6.54 Å². The zero-order chi connectivity index (χ0) is 18.1. The summed E-state index contributed by atoms with van der Waals surface area (Å²) in [6.07, 6.45) is 0.229. The molecule has 0 aromatic heterocycles. The summed E-state index contributed by atoms with van der Waals surface area (Å²) >= 11 is 3.39. The summed E-state index contributed by atoms with van der Waals surface area (Å²) in [6, 6.07) is 21.3. The molecule has 0 aliphatic carbocycles. The third-order valence-electron chi connectivity index (χ3n) is 4.68. The number of hydrogen-bond acceptors (Lipinski definition) is 2. The van der Waals surface area contributed by atoms with Crippen LogP contribution in [0.15, 0.2) is 71.2 Å². The van der Waals surface area contributed by atoms with Crippen molar-refractivity contribution in [3.63, 3.8) is 0 Å². The minimum atomic E-state index is -0.356. The van der Waals surface area contributed by atoms with Crippen LogP contribution in [-0.4, -0.2) is 18.4 Å². The van der Waals surface area contributed by atoms with Gasteiger partial charge in [0.05, 0.1) is 5.92 Å². The predicted octanol–water partition coefficient (Wildman–Crippen LogP) is 4.59. The number of nitrogens with zero attached hydrogens (tertiary/aromatic N) is 1. The molecule has 1 aliphatic heterocycles. The zero-order valence-electron chi connectivity index (χ0n) is 14.0. The first-order chi connectivity index (χ1) is 12.6. The van der Waals surface area contributed by atoms with Crippen LogP contribution in [0.4, 0.5) is 11.4 Å². The Morgan fingerprint density at radius 1 is 1.00 bits per heavy atom. The number of fused-ring (bicyclic) bond motifs is 1. The maximum absolute atomic E-state index is 12.7. The lowest BCUT2D eigenvalue weighted by Gasteiger charge is -2.17. The van der Waals surface area contributed by atoms with Gasteiger partial charge in [0, 0.05) is 34.2 Å². The van der Waals surface area contributed by atoms with E-state index in [0.717, 1.165) is 26.6 Å². The van der Waals surface area contributed by atoms with E-state index in [1.54, 1.807) is 4.90 Å². The SMILES string of the molecule is O=C(Nc1cccc2ccccc12)[C@@H]1CC(=O)N(c2ccc(Br)cc2)C1. The van der Waals surface area contributed by atoms with Crippen molar-refractivity contribution >= 4 is 49.9 Å². The first-order valence-corrected chi connectivity index (χ1v) is 9.26. The van der Waals surface area contributed by atoms with Gasteiger partial charge >= 0.3 is 0 Å². The number of anilines is 2. The molecule has 1 aliphatic rings. The van der Waals surface area contributed by atoms with E-state index in [2.05, 4.69) is 21.2 Å². The monoisotopic (exact) mass is 408 g/mol. The zero-order valence-corrected chi connectivity index (χ0v) is 15.6. The predicted molar refractivity (Wildman–Crippen MR) is 107 cm³/mol. The molecule has 0 unspecified atom stereocenters. The summed E-state index contributed by atoms with van der Waals surface area (Å²) in [7, 11) is 0. The van der Waals surface area contributed by atoms with Crippen molar-refractivity contribution in [3.05, 3.63) is 71.2 Å². The smallest absolute Gasteiger partial charge is 0.229 e. The van der Waals surface area contributed by atoms with Gasteiger partial charge in [-0.1, -0.05) is 52.3 Å². The molecular formula is C21H17BrN2O2. The molecule has 3 aromatic carbocycles. The average Bonchev–Trinajstić information content (AvgIpc) is 3.05. The van der Waals surface area contributed by atoms with Crippen LogP contribution in [0.3, 0.4) is 0 Å². The van der Waals surface area contributed by atoms with E-state index in [4.69, 9.17) is 0 Å². The maximum atomic E-state index is 12.7. The van der Waals surface area contributed by atoms with Crippen molar-refractivity contribution in [2.45, 2.75) is 6.42 Å². The fraction of sp³-hybridized carbons (Fsp3) is 0.143. The van der Waals surface area contributed by atoms with Crippen molar-refractivity contribution in [1.29, 1.82) is 0 Å². The van der Waals surface area contributed by atoms with E-state index < -0.39 is 0 Å². The van der Waals surface area contributed by atoms with Crippen molar-refractivity contribution in [1.82, 2.24) is 0 Å². The highest BCUT2D eigenvalue weighted by atomic mass is 79.9. The van der Waals surface area contributed by atoms with Crippen LogP contribution in [0, 0.1) is 5.92 Å². The second-order valence-corrected chi connectivity index (χ2v) is 7.31. The molecule has 1 atom stereocenters. The summed E-state index contributed by atoms with van der Waals surface area (Å²) < 4.78 is 0.957. The van der Waals surface area contributed by atoms with Crippen molar-refractivity contribution < 1.29 is 9.59 Å². The minimum Gasteiger partial charge on any atom is -0.325 e. The summed E-state index contributed by atoms with van der Waals surface area (Å²) in [4.78, 5) is 26.8. The fourth-order valence-electron chi connectivity index (χ4n) is 3.32. The molecule has 0 bridgehead atoms. The van der Waals surface area contributed by atoms with E-state index in [9.17, 15) is 9.59 Å². The lowest BCUT2D eigenvalue weighted by molar-refractivity contribution is -0.122. The Labute approximate surface area is 159 Å². The number of nitrogens with one attached hydrogen (secondary N) is 1. The van der Waals surface area contributed by atoms with Gasteiger partial charge < -0.3 is 10.2 Å². The molecule has 1 heterocycles. The first-order valence-electron chi connectivity index (χ1n) is 8.46. The molecule has 130 valence electrons. The van der Waals surface area contributed by atoms with Gasteiger partial charge in [0.25, 0.3) is 0 Å². The number of halogens is 1. The van der Waals surface area contributed by atoms with Gasteiger partial charge in [-0.15, -0.1) is 0 Å². The molecule has 4 nitrogen and oxygen atoms in total. The Bertz CT molecular complexity index is 979. The number of amides is 2. The van der Waals surface area contributed by atoms with E-state index in [1.165, 1.54) is 0 Å². The van der Waals surface area contributed by atoms with Crippen molar-refractivity contribution in [2.75, 3.05) is 16.8 Å². The maximum Gasteiger partial charge on any atom is 0.229 e. The number of rotatable bonds is 3. The van der Waals surface area contributed by atoms with Crippen LogP contribution in [0.25, 0.3) is 10.8 Å². The van der Waals surface area contributed by atoms with Crippen LogP contribution < -0.4 is 10.2 Å². The molecule has 0 spiro atoms. The van der Waals surface area contributed by atoms with Gasteiger partial charge in [-0.05, 0) is 35.7 Å². The Morgan fingerprint density at radius 2 is 1.73 bits per heavy atom. The second kappa shape index (κ2) is 6.92. The molecule has 0 saturated carbocycles. The molecule has 1 N–H and O–H groups in total. The topological polar surface area (TPSA) is 49.4 Å². The van der Waals surface area contributed by atoms with Gasteiger partial charge in [-0.25, -0.2) is 0 Å². The molecule has 0 radical (unpaired) electrons. The molecule has 3 aromatic rings. The number of carbonyl (C=O) groups excluding carboxylic acids is 2. The van der Waals surface area contributed by atoms with Crippen LogP contribution in [-0.2, 0) is 9.59 Å². The lowest BCUT2D eigenvalue weighted by Crippen LogP contribution is -2.28. The molecule has 1 saturated heterocycles. The molecule has 1 fully saturated rings. The summed E-state index contributed by atoms with van der Waals surface area (Å²) in [5.74, 6) is -0.496. The van der Waals surface area contributed by atoms with Gasteiger partial charge in [0.15, 0.2) is 0 Å². The summed E-state index contributed by atoms with van der Waals surface area (Å²) in [5.41, 5.74) is 1.60. The standard InChI is InChI=1S/C21H17BrN2O2/c22-16-8-10-17(11-9-16)24-13-15(12-20(24)25)21(26)23-19-7-3-5-14-4-1-2-6-18(14)19/h1-11,15H,12-13H2,(H,23,26)/t15-/m1/s1. The van der Waals surface area contributed by atoms with E-state index in [1.807, 2.05) is 66.7 Å². The Morgan fingerprint density at radius 3 is 2.54 bits per heavy atom. The van der Waals surface area contributed by atoms with Crippen LogP contribution in [0.5, 0.6) is 0 Å². The number of benzene rings is 3. The van der Waals surface area contributed by atoms with Gasteiger partial charge in [0.2, 0.25) is 11.8 Å². The number of hydrogen-bond donors (Lipinski definition) is 1. The minimum absolute atomic E-state index is 0.0228. The van der Waals surface area contributed by atoms with Gasteiger partial charge in [-0.3, -0.25) is 9.59 Å². The van der Waals surface area contributed by atoms with Crippen molar-refractivity contribution in [2.24, 2.45) is 5.92 Å². The largest absolute Gasteiger partial charge is 0.325 e. The molecular weight excluding hydrogens is 392 g/mol.